The molecular formula is C12H22N4O. The van der Waals surface area contributed by atoms with Crippen LogP contribution in [0.2, 0.25) is 0 Å². The lowest BCUT2D eigenvalue weighted by Crippen LogP contribution is -2.51. The van der Waals surface area contributed by atoms with Gasteiger partial charge in [-0.25, -0.2) is 5.43 Å². The summed E-state index contributed by atoms with van der Waals surface area (Å²) in [5.41, 5.74) is 3.46. The van der Waals surface area contributed by atoms with Crippen LogP contribution in [0, 0.1) is 0 Å². The quantitative estimate of drug-likeness (QED) is 0.590. The largest absolute Gasteiger partial charge is 0.495 e. The van der Waals surface area contributed by atoms with Crippen LogP contribution in [0.4, 0.5) is 0 Å². The summed E-state index contributed by atoms with van der Waals surface area (Å²) in [7, 11) is 5.66. The Hall–Kier alpha value is -1.17. The van der Waals surface area contributed by atoms with E-state index in [0.717, 1.165) is 11.4 Å². The summed E-state index contributed by atoms with van der Waals surface area (Å²) in [6, 6.07) is 3.62. The number of likely N-dealkylation sites (N-methyl/N-ethyl adjacent to an activating group) is 1. The SMILES string of the molecule is COc1cccnc1C(NN)C(C)(C)N(C)C. The molecule has 0 saturated heterocycles. The first-order valence-corrected chi connectivity index (χ1v) is 5.57. The van der Waals surface area contributed by atoms with Crippen molar-refractivity contribution in [3.63, 3.8) is 0 Å². The van der Waals surface area contributed by atoms with Crippen molar-refractivity contribution < 1.29 is 4.74 Å². The van der Waals surface area contributed by atoms with Gasteiger partial charge in [-0.1, -0.05) is 0 Å². The van der Waals surface area contributed by atoms with Crippen LogP contribution in [0.3, 0.4) is 0 Å². The summed E-state index contributed by atoms with van der Waals surface area (Å²) < 4.78 is 5.33. The molecule has 0 aliphatic rings. The standard InChI is InChI=1S/C12H22N4O/c1-12(2,16(3)4)11(15-13)10-9(17-5)7-6-8-14-10/h6-8,11,15H,13H2,1-5H3. The molecule has 1 aromatic heterocycles. The molecule has 1 atom stereocenters. The minimum atomic E-state index is -0.184. The first-order chi connectivity index (χ1) is 7.95. The molecule has 0 aliphatic heterocycles. The van der Waals surface area contributed by atoms with E-state index < -0.39 is 0 Å². The molecule has 1 rings (SSSR count). The van der Waals surface area contributed by atoms with Gasteiger partial charge in [0, 0.05) is 11.7 Å². The van der Waals surface area contributed by atoms with Gasteiger partial charge < -0.3 is 9.64 Å². The van der Waals surface area contributed by atoms with Crippen LogP contribution in [-0.4, -0.2) is 36.6 Å². The van der Waals surface area contributed by atoms with Crippen LogP contribution in [0.25, 0.3) is 0 Å². The molecule has 5 nitrogen and oxygen atoms in total. The number of ether oxygens (including phenoxy) is 1. The third-order valence-corrected chi connectivity index (χ3v) is 3.32. The maximum absolute atomic E-state index is 5.68. The van der Waals surface area contributed by atoms with Crippen molar-refractivity contribution in [3.05, 3.63) is 24.0 Å². The van der Waals surface area contributed by atoms with E-state index in [1.807, 2.05) is 26.2 Å². The molecule has 0 saturated carbocycles. The molecule has 1 heterocycles. The van der Waals surface area contributed by atoms with E-state index in [-0.39, 0.29) is 11.6 Å². The topological polar surface area (TPSA) is 63.4 Å². The zero-order valence-electron chi connectivity index (χ0n) is 11.2. The number of aromatic nitrogens is 1. The predicted molar refractivity (Wildman–Crippen MR) is 68.6 cm³/mol. The average molecular weight is 238 g/mol. The number of nitrogens with two attached hydrogens (primary N) is 1. The van der Waals surface area contributed by atoms with Gasteiger partial charge in [0.2, 0.25) is 0 Å². The molecule has 0 fully saturated rings. The van der Waals surface area contributed by atoms with Crippen LogP contribution in [0.1, 0.15) is 25.6 Å². The van der Waals surface area contributed by atoms with Crippen LogP contribution in [-0.2, 0) is 0 Å². The van der Waals surface area contributed by atoms with Gasteiger partial charge in [-0.05, 0) is 40.1 Å². The summed E-state index contributed by atoms with van der Waals surface area (Å²) in [4.78, 5) is 6.48. The summed E-state index contributed by atoms with van der Waals surface area (Å²) in [5.74, 6) is 6.42. The molecule has 0 amide bonds. The van der Waals surface area contributed by atoms with Crippen molar-refractivity contribution in [2.24, 2.45) is 5.84 Å². The first-order valence-electron chi connectivity index (χ1n) is 5.57. The molecule has 0 bridgehead atoms. The molecule has 5 heteroatoms. The van der Waals surface area contributed by atoms with Crippen LogP contribution in [0.5, 0.6) is 5.75 Å². The molecular weight excluding hydrogens is 216 g/mol. The van der Waals surface area contributed by atoms with Crippen molar-refractivity contribution in [3.8, 4) is 5.75 Å². The highest BCUT2D eigenvalue weighted by Crippen LogP contribution is 2.32. The van der Waals surface area contributed by atoms with E-state index >= 15 is 0 Å². The maximum Gasteiger partial charge on any atom is 0.142 e. The molecule has 1 unspecified atom stereocenters. The zero-order chi connectivity index (χ0) is 13.1. The lowest BCUT2D eigenvalue weighted by atomic mass is 9.90. The Balaban J connectivity index is 3.18. The summed E-state index contributed by atoms with van der Waals surface area (Å²) >= 11 is 0. The Bertz CT molecular complexity index is 365. The highest BCUT2D eigenvalue weighted by molar-refractivity contribution is 5.31. The fourth-order valence-corrected chi connectivity index (χ4v) is 1.67. The van der Waals surface area contributed by atoms with Crippen molar-refractivity contribution in [1.82, 2.24) is 15.3 Å². The average Bonchev–Trinajstić information content (AvgIpc) is 2.30. The van der Waals surface area contributed by atoms with Crippen LogP contribution >= 0.6 is 0 Å². The summed E-state index contributed by atoms with van der Waals surface area (Å²) in [6.07, 6.45) is 1.74. The van der Waals surface area contributed by atoms with Gasteiger partial charge in [0.1, 0.15) is 11.4 Å². The van der Waals surface area contributed by atoms with Gasteiger partial charge in [-0.3, -0.25) is 10.8 Å². The zero-order valence-corrected chi connectivity index (χ0v) is 11.2. The van der Waals surface area contributed by atoms with Crippen molar-refractivity contribution >= 4 is 0 Å². The molecule has 0 radical (unpaired) electrons. The van der Waals surface area contributed by atoms with Crippen LogP contribution in [0.15, 0.2) is 18.3 Å². The highest BCUT2D eigenvalue weighted by atomic mass is 16.5. The van der Waals surface area contributed by atoms with Crippen molar-refractivity contribution in [1.29, 1.82) is 0 Å². The molecule has 1 aromatic rings. The third kappa shape index (κ3) is 2.74. The number of pyridine rings is 1. The Labute approximate surface area is 103 Å². The lowest BCUT2D eigenvalue weighted by Gasteiger charge is -2.39. The molecule has 0 spiro atoms. The van der Waals surface area contributed by atoms with E-state index in [9.17, 15) is 0 Å². The van der Waals surface area contributed by atoms with Gasteiger partial charge in [0.25, 0.3) is 0 Å². The number of hydrazine groups is 1. The normalized spacial score (nSPS) is 13.8. The van der Waals surface area contributed by atoms with E-state index in [4.69, 9.17) is 10.6 Å². The molecule has 0 aromatic carbocycles. The summed E-state index contributed by atoms with van der Waals surface area (Å²) in [6.45, 7) is 4.21. The Morgan fingerprint density at radius 1 is 1.47 bits per heavy atom. The van der Waals surface area contributed by atoms with Crippen LogP contribution < -0.4 is 16.0 Å². The van der Waals surface area contributed by atoms with E-state index in [0.29, 0.717) is 0 Å². The smallest absolute Gasteiger partial charge is 0.142 e. The van der Waals surface area contributed by atoms with Gasteiger partial charge in [-0.2, -0.15) is 0 Å². The Morgan fingerprint density at radius 2 is 2.12 bits per heavy atom. The van der Waals surface area contributed by atoms with Gasteiger partial charge in [0.05, 0.1) is 13.2 Å². The third-order valence-electron chi connectivity index (χ3n) is 3.32. The van der Waals surface area contributed by atoms with E-state index in [1.54, 1.807) is 13.3 Å². The predicted octanol–water partition coefficient (Wildman–Crippen LogP) is 0.935. The Morgan fingerprint density at radius 3 is 2.59 bits per heavy atom. The number of nitrogens with one attached hydrogen (secondary N) is 1. The highest BCUT2D eigenvalue weighted by Gasteiger charge is 2.34. The number of hydrogen-bond donors (Lipinski definition) is 2. The fraction of sp³-hybridized carbons (Fsp3) is 0.583. The van der Waals surface area contributed by atoms with Gasteiger partial charge in [-0.15, -0.1) is 0 Å². The minimum Gasteiger partial charge on any atom is -0.495 e. The number of rotatable bonds is 5. The molecule has 0 aliphatic carbocycles. The second-order valence-electron chi connectivity index (χ2n) is 4.74. The first kappa shape index (κ1) is 13.9. The monoisotopic (exact) mass is 238 g/mol. The second kappa shape index (κ2) is 5.44. The maximum atomic E-state index is 5.68. The van der Waals surface area contributed by atoms with Gasteiger partial charge >= 0.3 is 0 Å². The Kier molecular flexibility index (Phi) is 4.45. The van der Waals surface area contributed by atoms with Crippen molar-refractivity contribution in [2.45, 2.75) is 25.4 Å². The second-order valence-corrected chi connectivity index (χ2v) is 4.74. The lowest BCUT2D eigenvalue weighted by molar-refractivity contribution is 0.134. The fourth-order valence-electron chi connectivity index (χ4n) is 1.67. The molecule has 3 N–H and O–H groups in total. The van der Waals surface area contributed by atoms with E-state index in [1.165, 1.54) is 0 Å². The number of hydrogen-bond acceptors (Lipinski definition) is 5. The van der Waals surface area contributed by atoms with Gasteiger partial charge in [0.15, 0.2) is 0 Å². The van der Waals surface area contributed by atoms with E-state index in [2.05, 4.69) is 29.2 Å². The molecule has 96 valence electrons. The minimum absolute atomic E-state index is 0.117. The van der Waals surface area contributed by atoms with Crippen molar-refractivity contribution in [2.75, 3.05) is 21.2 Å². The number of nitrogens with zero attached hydrogens (tertiary/aromatic N) is 2. The summed E-state index contributed by atoms with van der Waals surface area (Å²) in [5, 5.41) is 0. The molecule has 17 heavy (non-hydrogen) atoms. The number of methoxy groups -OCH3 is 1.